The Bertz CT molecular complexity index is 1060. The average Bonchev–Trinajstić information content (AvgIpc) is 2.91. The fourth-order valence-electron chi connectivity index (χ4n) is 3.24. The second-order valence-electron chi connectivity index (χ2n) is 10.6. The van der Waals surface area contributed by atoms with Crippen molar-refractivity contribution in [2.24, 2.45) is 4.99 Å². The van der Waals surface area contributed by atoms with Crippen LogP contribution in [0.4, 0.5) is 0 Å². The molecule has 0 fully saturated rings. The Morgan fingerprint density at radius 2 is 1.93 bits per heavy atom. The van der Waals surface area contributed by atoms with Crippen LogP contribution in [0.2, 0.25) is 25.7 Å². The zero-order valence-corrected chi connectivity index (χ0v) is 27.3. The Hall–Kier alpha value is -2.47. The highest BCUT2D eigenvalue weighted by molar-refractivity contribution is 6.76. The van der Waals surface area contributed by atoms with Crippen molar-refractivity contribution in [3.63, 3.8) is 0 Å². The normalized spacial score (nSPS) is 13.9. The Morgan fingerprint density at radius 3 is 2.54 bits per heavy atom. The number of aryl methyl sites for hydroxylation is 1. The molecular weight excluding hydrogens is 564 g/mol. The van der Waals surface area contributed by atoms with E-state index >= 15 is 0 Å². The van der Waals surface area contributed by atoms with Crippen molar-refractivity contribution < 1.29 is 33.6 Å². The second kappa shape index (κ2) is 18.9. The average molecular weight is 611 g/mol. The number of nitrogens with zero attached hydrogens (tertiary/aromatic N) is 2. The highest BCUT2D eigenvalue weighted by Crippen LogP contribution is 2.22. The molecule has 41 heavy (non-hydrogen) atoms. The number of benzene rings is 1. The number of amidine groups is 1. The molecule has 1 N–H and O–H groups in total. The van der Waals surface area contributed by atoms with E-state index < -0.39 is 19.8 Å². The van der Waals surface area contributed by atoms with E-state index in [-0.39, 0.29) is 39.2 Å². The largest absolute Gasteiger partial charge is 0.465 e. The van der Waals surface area contributed by atoms with Crippen molar-refractivity contribution in [1.29, 1.82) is 0 Å². The molecule has 0 spiro atoms. The van der Waals surface area contributed by atoms with Gasteiger partial charge in [-0.05, 0) is 56.2 Å². The number of ether oxygens (including phenoxy) is 5. The van der Waals surface area contributed by atoms with Crippen LogP contribution in [0.1, 0.15) is 36.2 Å². The number of aliphatic hydroxyl groups is 1. The smallest absolute Gasteiger partial charge is 0.338 e. The minimum absolute atomic E-state index is 0.0713. The third kappa shape index (κ3) is 15.4. The number of carbonyl (C=O) groups excluding carboxylic acids is 1. The number of hydrogen-bond donors (Lipinski definition) is 1. The van der Waals surface area contributed by atoms with Crippen LogP contribution in [-0.2, 0) is 18.9 Å². The number of hydrogen-bond acceptors (Lipinski definition) is 8. The molecule has 1 aromatic carbocycles. The predicted octanol–water partition coefficient (Wildman–Crippen LogP) is 6.10. The number of aliphatic imine (C=N–C) groups is 1. The van der Waals surface area contributed by atoms with Crippen molar-refractivity contribution in [3.05, 3.63) is 65.4 Å². The van der Waals surface area contributed by atoms with Crippen LogP contribution >= 0.6 is 11.6 Å². The van der Waals surface area contributed by atoms with Crippen molar-refractivity contribution in [1.82, 2.24) is 4.90 Å². The van der Waals surface area contributed by atoms with E-state index in [1.54, 1.807) is 42.3 Å². The summed E-state index contributed by atoms with van der Waals surface area (Å²) in [6.45, 7) is 17.6. The molecule has 0 aliphatic carbocycles. The minimum Gasteiger partial charge on any atom is -0.465 e. The fraction of sp³-hybridized carbons (Fsp3) is 0.533. The van der Waals surface area contributed by atoms with Gasteiger partial charge in [0.05, 0.1) is 39.1 Å². The van der Waals surface area contributed by atoms with Crippen LogP contribution in [0.15, 0.2) is 59.2 Å². The minimum atomic E-state index is -1.32. The number of carbonyl (C=O) groups is 1. The molecule has 230 valence electrons. The highest BCUT2D eigenvalue weighted by Gasteiger charge is 2.26. The fourth-order valence-corrected chi connectivity index (χ4v) is 4.05. The molecule has 0 bridgehead atoms. The lowest BCUT2D eigenvalue weighted by atomic mass is 10.1. The maximum absolute atomic E-state index is 12.4. The summed E-state index contributed by atoms with van der Waals surface area (Å²) < 4.78 is 28.8. The molecule has 9 nitrogen and oxygen atoms in total. The van der Waals surface area contributed by atoms with E-state index in [0.717, 1.165) is 18.0 Å². The van der Waals surface area contributed by atoms with Gasteiger partial charge in [-0.3, -0.25) is 4.90 Å². The lowest BCUT2D eigenvalue weighted by Gasteiger charge is -2.28. The van der Waals surface area contributed by atoms with Crippen LogP contribution < -0.4 is 4.74 Å². The number of esters is 1. The molecule has 1 unspecified atom stereocenters. The molecular formula is C30H47ClN2O7Si. The van der Waals surface area contributed by atoms with Crippen molar-refractivity contribution >= 4 is 31.7 Å². The maximum Gasteiger partial charge on any atom is 0.338 e. The summed E-state index contributed by atoms with van der Waals surface area (Å²) >= 11 is 6.07. The summed E-state index contributed by atoms with van der Waals surface area (Å²) in [5.41, 5.74) is -0.0287. The van der Waals surface area contributed by atoms with Gasteiger partial charge in [-0.1, -0.05) is 56.9 Å². The highest BCUT2D eigenvalue weighted by atomic mass is 35.5. The molecule has 0 aliphatic rings. The molecule has 0 aliphatic heterocycles. The molecule has 1 rings (SSSR count). The maximum atomic E-state index is 12.4. The summed E-state index contributed by atoms with van der Waals surface area (Å²) in [6, 6.07) is 6.25. The number of rotatable bonds is 18. The van der Waals surface area contributed by atoms with Gasteiger partial charge < -0.3 is 28.8 Å². The first-order valence-electron chi connectivity index (χ1n) is 13.7. The molecule has 1 atom stereocenters. The monoisotopic (exact) mass is 610 g/mol. The Labute approximate surface area is 251 Å². The van der Waals surface area contributed by atoms with E-state index in [9.17, 15) is 4.79 Å². The van der Waals surface area contributed by atoms with Gasteiger partial charge in [0.25, 0.3) is 0 Å². The number of methoxy groups -OCH3 is 1. The standard InChI is InChI=1S/C30H47ClN2O7Si/c1-9-10-14-30(4,39-19-18-37-17-16-34)32-29(40-26-12-11-24(2)27(22-26)28(35)36-5)33(15-13-25(3)31)23-38-20-21-41(6,7)8/h10-15,22,34H,3,9,16-21,23H2,1-2,4-8H3/b14-10-,15-13+,32-29+. The molecule has 0 aromatic heterocycles. The molecule has 0 saturated carbocycles. The quantitative estimate of drug-likeness (QED) is 0.0311. The van der Waals surface area contributed by atoms with E-state index in [2.05, 4.69) is 26.2 Å². The molecule has 0 radical (unpaired) electrons. The summed E-state index contributed by atoms with van der Waals surface area (Å²) in [4.78, 5) is 18.9. The Morgan fingerprint density at radius 1 is 1.20 bits per heavy atom. The topological polar surface area (TPSA) is 99.1 Å². The third-order valence-electron chi connectivity index (χ3n) is 5.57. The van der Waals surface area contributed by atoms with Crippen molar-refractivity contribution in [2.45, 2.75) is 58.6 Å². The third-order valence-corrected chi connectivity index (χ3v) is 7.40. The molecule has 0 saturated heterocycles. The molecule has 0 heterocycles. The molecule has 11 heteroatoms. The van der Waals surface area contributed by atoms with Gasteiger partial charge in [0.1, 0.15) is 12.5 Å². The lowest BCUT2D eigenvalue weighted by Crippen LogP contribution is -2.38. The Kier molecular flexibility index (Phi) is 16.8. The summed E-state index contributed by atoms with van der Waals surface area (Å²) in [7, 11) is 0.0154. The number of aliphatic hydroxyl groups excluding tert-OH is 1. The molecule has 0 amide bonds. The number of allylic oxidation sites excluding steroid dienone is 3. The first-order chi connectivity index (χ1) is 19.3. The lowest BCUT2D eigenvalue weighted by molar-refractivity contribution is -0.0299. The zero-order chi connectivity index (χ0) is 30.9. The summed E-state index contributed by atoms with van der Waals surface area (Å²) in [5.74, 6) is -0.105. The van der Waals surface area contributed by atoms with E-state index in [0.29, 0.717) is 23.0 Å². The van der Waals surface area contributed by atoms with E-state index in [1.165, 1.54) is 7.11 Å². The predicted molar refractivity (Wildman–Crippen MR) is 167 cm³/mol. The van der Waals surface area contributed by atoms with Crippen LogP contribution in [0.25, 0.3) is 0 Å². The summed E-state index contributed by atoms with van der Waals surface area (Å²) in [5, 5.41) is 9.30. The van der Waals surface area contributed by atoms with E-state index in [1.807, 2.05) is 26.0 Å². The van der Waals surface area contributed by atoms with Crippen LogP contribution in [0.5, 0.6) is 5.75 Å². The first kappa shape index (κ1) is 36.6. The number of halogens is 1. The van der Waals surface area contributed by atoms with Gasteiger partial charge in [0, 0.05) is 25.9 Å². The van der Waals surface area contributed by atoms with Gasteiger partial charge in [-0.2, -0.15) is 4.99 Å². The van der Waals surface area contributed by atoms with Gasteiger partial charge in [0.2, 0.25) is 0 Å². The Balaban J connectivity index is 3.55. The van der Waals surface area contributed by atoms with Gasteiger partial charge in [-0.15, -0.1) is 0 Å². The van der Waals surface area contributed by atoms with Crippen molar-refractivity contribution in [3.8, 4) is 5.75 Å². The van der Waals surface area contributed by atoms with Crippen LogP contribution in [0, 0.1) is 6.92 Å². The second-order valence-corrected chi connectivity index (χ2v) is 16.7. The first-order valence-corrected chi connectivity index (χ1v) is 17.8. The molecule has 1 aromatic rings. The van der Waals surface area contributed by atoms with Gasteiger partial charge in [-0.25, -0.2) is 4.79 Å². The summed E-state index contributed by atoms with van der Waals surface area (Å²) in [6.07, 6.45) is 7.84. The van der Waals surface area contributed by atoms with Gasteiger partial charge in [0.15, 0.2) is 5.72 Å². The van der Waals surface area contributed by atoms with Crippen molar-refractivity contribution in [2.75, 3.05) is 46.9 Å². The van der Waals surface area contributed by atoms with Gasteiger partial charge >= 0.3 is 12.0 Å². The zero-order valence-electron chi connectivity index (χ0n) is 25.6. The van der Waals surface area contributed by atoms with E-state index in [4.69, 9.17) is 45.4 Å². The van der Waals surface area contributed by atoms with Crippen LogP contribution in [0.3, 0.4) is 0 Å². The van der Waals surface area contributed by atoms with Crippen LogP contribution in [-0.4, -0.2) is 82.7 Å². The SMILES string of the molecule is C=C(Cl)/C=C/N(COCC[Si](C)(C)C)/C(=N\C(C)(/C=C\CC)OCCOCCO)Oc1ccc(C)c(C(=O)OC)c1.